The van der Waals surface area contributed by atoms with Crippen LogP contribution >= 0.6 is 23.4 Å². The Bertz CT molecular complexity index is 706. The molecule has 2 aromatic rings. The van der Waals surface area contributed by atoms with Gasteiger partial charge >= 0.3 is 0 Å². The van der Waals surface area contributed by atoms with Crippen molar-refractivity contribution in [3.63, 3.8) is 0 Å². The Morgan fingerprint density at radius 2 is 1.92 bits per heavy atom. The number of hydrogen-bond donors (Lipinski definition) is 1. The van der Waals surface area contributed by atoms with Gasteiger partial charge in [0.05, 0.1) is 11.9 Å². The summed E-state index contributed by atoms with van der Waals surface area (Å²) in [6, 6.07) is 15.9. The Kier molecular flexibility index (Phi) is 8.86. The van der Waals surface area contributed by atoms with Crippen molar-refractivity contribution in [2.75, 3.05) is 12.3 Å². The first-order chi connectivity index (χ1) is 12.5. The zero-order chi connectivity index (χ0) is 18.8. The summed E-state index contributed by atoms with van der Waals surface area (Å²) in [6.07, 6.45) is 2.01. The summed E-state index contributed by atoms with van der Waals surface area (Å²) in [5.74, 6) is 2.23. The maximum atomic E-state index is 11.9. The molecule has 0 saturated carbocycles. The van der Waals surface area contributed by atoms with Crippen LogP contribution < -0.4 is 10.1 Å². The summed E-state index contributed by atoms with van der Waals surface area (Å²) >= 11 is 7.56. The van der Waals surface area contributed by atoms with Gasteiger partial charge in [-0.1, -0.05) is 35.9 Å². The van der Waals surface area contributed by atoms with Crippen LogP contribution in [-0.4, -0.2) is 24.3 Å². The van der Waals surface area contributed by atoms with Crippen LogP contribution in [0.5, 0.6) is 5.75 Å². The van der Waals surface area contributed by atoms with Crippen molar-refractivity contribution < 1.29 is 9.53 Å². The highest BCUT2D eigenvalue weighted by Gasteiger charge is 2.03. The summed E-state index contributed by atoms with van der Waals surface area (Å²) < 4.78 is 5.71. The number of carbonyl (C=O) groups excluding carboxylic acids is 1. The molecule has 140 valence electrons. The number of nitrogens with one attached hydrogen (secondary N) is 1. The van der Waals surface area contributed by atoms with E-state index in [0.717, 1.165) is 34.9 Å². The Balaban J connectivity index is 1.61. The fourth-order valence-electron chi connectivity index (χ4n) is 2.51. The smallest absolute Gasteiger partial charge is 0.230 e. The lowest BCUT2D eigenvalue weighted by Crippen LogP contribution is -2.26. The van der Waals surface area contributed by atoms with Crippen molar-refractivity contribution in [2.45, 2.75) is 38.5 Å². The van der Waals surface area contributed by atoms with Crippen molar-refractivity contribution >= 4 is 29.3 Å². The van der Waals surface area contributed by atoms with Crippen LogP contribution in [0.15, 0.2) is 48.5 Å². The Morgan fingerprint density at radius 3 is 2.69 bits per heavy atom. The van der Waals surface area contributed by atoms with Crippen LogP contribution in [0.4, 0.5) is 0 Å². The van der Waals surface area contributed by atoms with Gasteiger partial charge < -0.3 is 10.1 Å². The van der Waals surface area contributed by atoms with Gasteiger partial charge in [0.15, 0.2) is 0 Å². The predicted molar refractivity (Wildman–Crippen MR) is 111 cm³/mol. The highest BCUT2D eigenvalue weighted by Crippen LogP contribution is 2.17. The monoisotopic (exact) mass is 391 g/mol. The molecule has 0 spiro atoms. The third kappa shape index (κ3) is 8.15. The van der Waals surface area contributed by atoms with Crippen molar-refractivity contribution in [3.05, 3.63) is 64.7 Å². The number of halogens is 1. The summed E-state index contributed by atoms with van der Waals surface area (Å²) in [5, 5.41) is 3.71. The van der Waals surface area contributed by atoms with E-state index >= 15 is 0 Å². The van der Waals surface area contributed by atoms with E-state index in [-0.39, 0.29) is 12.0 Å². The van der Waals surface area contributed by atoms with Crippen LogP contribution in [0.3, 0.4) is 0 Å². The van der Waals surface area contributed by atoms with E-state index < -0.39 is 0 Å². The molecule has 0 aliphatic carbocycles. The first-order valence-electron chi connectivity index (χ1n) is 8.87. The zero-order valence-corrected chi connectivity index (χ0v) is 16.9. The van der Waals surface area contributed by atoms with Crippen molar-refractivity contribution in [1.82, 2.24) is 5.32 Å². The Hall–Kier alpha value is -1.65. The molecule has 2 rings (SSSR count). The van der Waals surface area contributed by atoms with Gasteiger partial charge in [-0.15, -0.1) is 11.8 Å². The molecular weight excluding hydrogens is 366 g/mol. The van der Waals surface area contributed by atoms with E-state index in [9.17, 15) is 4.79 Å². The van der Waals surface area contributed by atoms with Gasteiger partial charge in [-0.05, 0) is 62.1 Å². The largest absolute Gasteiger partial charge is 0.491 e. The fraction of sp³-hybridized carbons (Fsp3) is 0.381. The van der Waals surface area contributed by atoms with Crippen molar-refractivity contribution in [3.8, 4) is 5.75 Å². The van der Waals surface area contributed by atoms with E-state index in [1.165, 1.54) is 5.56 Å². The topological polar surface area (TPSA) is 38.3 Å². The number of ether oxygens (including phenoxy) is 1. The third-order valence-corrected chi connectivity index (χ3v) is 4.86. The van der Waals surface area contributed by atoms with Gasteiger partial charge in [-0.2, -0.15) is 0 Å². The average molecular weight is 392 g/mol. The molecule has 0 atom stereocenters. The van der Waals surface area contributed by atoms with E-state index in [0.29, 0.717) is 12.3 Å². The standard InChI is InChI=1S/C21H26ClNO2S/c1-16(2)25-20-10-4-6-17(13-20)8-5-11-23-21(24)15-26-14-18-7-3-9-19(22)12-18/h3-4,6-7,9-10,12-13,16H,5,8,11,14-15H2,1-2H3,(H,23,24). The molecule has 0 aliphatic heterocycles. The van der Waals surface area contributed by atoms with Gasteiger partial charge in [-0.3, -0.25) is 4.79 Å². The van der Waals surface area contributed by atoms with Gasteiger partial charge in [0, 0.05) is 17.3 Å². The van der Waals surface area contributed by atoms with Gasteiger partial charge in [-0.25, -0.2) is 0 Å². The molecule has 3 nitrogen and oxygen atoms in total. The summed E-state index contributed by atoms with van der Waals surface area (Å²) in [5.41, 5.74) is 2.37. The predicted octanol–water partition coefficient (Wildman–Crippen LogP) is 5.11. The first-order valence-corrected chi connectivity index (χ1v) is 10.4. The number of carbonyl (C=O) groups is 1. The molecule has 0 heterocycles. The summed E-state index contributed by atoms with van der Waals surface area (Å²) in [6.45, 7) is 4.73. The Morgan fingerprint density at radius 1 is 1.15 bits per heavy atom. The summed E-state index contributed by atoms with van der Waals surface area (Å²) in [4.78, 5) is 11.9. The maximum Gasteiger partial charge on any atom is 0.230 e. The average Bonchev–Trinajstić information content (AvgIpc) is 2.59. The minimum absolute atomic E-state index is 0.0777. The van der Waals surface area contributed by atoms with Gasteiger partial charge in [0.2, 0.25) is 5.91 Å². The SMILES string of the molecule is CC(C)Oc1cccc(CCCNC(=O)CSCc2cccc(Cl)c2)c1. The number of thioether (sulfide) groups is 1. The minimum atomic E-state index is 0.0777. The molecule has 5 heteroatoms. The molecule has 0 aliphatic rings. The lowest BCUT2D eigenvalue weighted by Gasteiger charge is -2.11. The second kappa shape index (κ2) is 11.1. The van der Waals surface area contributed by atoms with Crippen LogP contribution in [-0.2, 0) is 17.0 Å². The first kappa shape index (κ1) is 20.7. The Labute approximate surface area is 165 Å². The fourth-order valence-corrected chi connectivity index (χ4v) is 3.52. The number of benzene rings is 2. The highest BCUT2D eigenvalue weighted by atomic mass is 35.5. The second-order valence-electron chi connectivity index (χ2n) is 6.39. The van der Waals surface area contributed by atoms with Crippen LogP contribution in [0.2, 0.25) is 5.02 Å². The highest BCUT2D eigenvalue weighted by molar-refractivity contribution is 7.99. The second-order valence-corrected chi connectivity index (χ2v) is 7.81. The number of aryl methyl sites for hydroxylation is 1. The summed E-state index contributed by atoms with van der Waals surface area (Å²) in [7, 11) is 0. The van der Waals surface area contributed by atoms with Gasteiger partial charge in [0.25, 0.3) is 0 Å². The number of hydrogen-bond acceptors (Lipinski definition) is 3. The number of rotatable bonds is 10. The molecule has 0 aromatic heterocycles. The number of amides is 1. The minimum Gasteiger partial charge on any atom is -0.491 e. The van der Waals surface area contributed by atoms with Crippen LogP contribution in [0.25, 0.3) is 0 Å². The molecule has 1 amide bonds. The molecule has 0 unspecified atom stereocenters. The molecule has 1 N–H and O–H groups in total. The van der Waals surface area contributed by atoms with Crippen LogP contribution in [0.1, 0.15) is 31.4 Å². The molecule has 26 heavy (non-hydrogen) atoms. The molecule has 0 radical (unpaired) electrons. The molecule has 0 saturated heterocycles. The third-order valence-electron chi connectivity index (χ3n) is 3.63. The molecule has 2 aromatic carbocycles. The van der Waals surface area contributed by atoms with Gasteiger partial charge in [0.1, 0.15) is 5.75 Å². The molecule has 0 fully saturated rings. The van der Waals surface area contributed by atoms with E-state index in [2.05, 4.69) is 17.4 Å². The van der Waals surface area contributed by atoms with E-state index in [1.54, 1.807) is 11.8 Å². The lowest BCUT2D eigenvalue weighted by molar-refractivity contribution is -0.118. The van der Waals surface area contributed by atoms with E-state index in [1.807, 2.05) is 50.2 Å². The molecule has 0 bridgehead atoms. The van der Waals surface area contributed by atoms with E-state index in [4.69, 9.17) is 16.3 Å². The maximum absolute atomic E-state index is 11.9. The quantitative estimate of drug-likeness (QED) is 0.572. The molecular formula is C21H26ClNO2S. The zero-order valence-electron chi connectivity index (χ0n) is 15.3. The van der Waals surface area contributed by atoms with Crippen molar-refractivity contribution in [2.24, 2.45) is 0 Å². The lowest BCUT2D eigenvalue weighted by atomic mass is 10.1. The normalized spacial score (nSPS) is 10.8. The van der Waals surface area contributed by atoms with Crippen molar-refractivity contribution in [1.29, 1.82) is 0 Å². The van der Waals surface area contributed by atoms with Crippen LogP contribution in [0, 0.1) is 0 Å².